The van der Waals surface area contributed by atoms with Crippen molar-refractivity contribution in [2.45, 2.75) is 46.5 Å². The molecule has 0 aliphatic heterocycles. The maximum atomic E-state index is 11.9. The highest BCUT2D eigenvalue weighted by molar-refractivity contribution is 5.94. The van der Waals surface area contributed by atoms with E-state index in [1.807, 2.05) is 31.2 Å². The molecule has 1 amide bonds. The van der Waals surface area contributed by atoms with Crippen molar-refractivity contribution >= 4 is 5.91 Å². The third kappa shape index (κ3) is 4.91. The Morgan fingerprint density at radius 1 is 1.22 bits per heavy atom. The van der Waals surface area contributed by atoms with Gasteiger partial charge in [0.1, 0.15) is 0 Å². The molecule has 0 saturated carbocycles. The molecule has 1 aromatic rings. The average Bonchev–Trinajstić information content (AvgIpc) is 2.39. The van der Waals surface area contributed by atoms with Crippen LogP contribution >= 0.6 is 0 Å². The van der Waals surface area contributed by atoms with Crippen LogP contribution in [0.2, 0.25) is 0 Å². The van der Waals surface area contributed by atoms with Gasteiger partial charge < -0.3 is 5.32 Å². The minimum atomic E-state index is 0.0462. The normalized spacial score (nSPS) is 12.2. The zero-order valence-corrected chi connectivity index (χ0v) is 11.8. The van der Waals surface area contributed by atoms with Gasteiger partial charge in [-0.3, -0.25) is 4.79 Å². The molecule has 0 aliphatic rings. The van der Waals surface area contributed by atoms with Crippen LogP contribution in [0.5, 0.6) is 0 Å². The number of amides is 1. The largest absolute Gasteiger partial charge is 0.352 e. The molecule has 0 saturated heterocycles. The topological polar surface area (TPSA) is 29.1 Å². The summed E-state index contributed by atoms with van der Waals surface area (Å²) in [6.45, 7) is 7.22. The number of hydrogen-bond acceptors (Lipinski definition) is 1. The molecule has 0 bridgehead atoms. The van der Waals surface area contributed by atoms with Gasteiger partial charge in [-0.25, -0.2) is 0 Å². The molecule has 0 unspecified atom stereocenters. The fourth-order valence-corrected chi connectivity index (χ4v) is 1.99. The molecule has 1 atom stereocenters. The van der Waals surface area contributed by atoms with Crippen molar-refractivity contribution in [1.82, 2.24) is 5.32 Å². The zero-order valence-electron chi connectivity index (χ0n) is 11.8. The highest BCUT2D eigenvalue weighted by atomic mass is 16.1. The highest BCUT2D eigenvalue weighted by Crippen LogP contribution is 2.11. The van der Waals surface area contributed by atoms with E-state index in [0.29, 0.717) is 5.92 Å². The molecule has 1 aromatic carbocycles. The van der Waals surface area contributed by atoms with Crippen LogP contribution in [0.4, 0.5) is 0 Å². The van der Waals surface area contributed by atoms with Crippen LogP contribution in [0, 0.1) is 12.8 Å². The SMILES string of the molecule is CCCC[C@@H](CC)CNC(=O)c1ccc(C)cc1. The summed E-state index contributed by atoms with van der Waals surface area (Å²) in [5, 5.41) is 3.04. The molecular formula is C16H25NO. The molecule has 0 radical (unpaired) electrons. The van der Waals surface area contributed by atoms with E-state index in [-0.39, 0.29) is 5.91 Å². The lowest BCUT2D eigenvalue weighted by Gasteiger charge is -2.15. The summed E-state index contributed by atoms with van der Waals surface area (Å²) in [4.78, 5) is 11.9. The fourth-order valence-electron chi connectivity index (χ4n) is 1.99. The van der Waals surface area contributed by atoms with Gasteiger partial charge in [0.2, 0.25) is 0 Å². The Hall–Kier alpha value is -1.31. The Balaban J connectivity index is 2.42. The molecule has 1 rings (SSSR count). The maximum Gasteiger partial charge on any atom is 0.251 e. The second-order valence-corrected chi connectivity index (χ2v) is 4.99. The van der Waals surface area contributed by atoms with Crippen LogP contribution < -0.4 is 5.32 Å². The molecule has 0 aromatic heterocycles. The van der Waals surface area contributed by atoms with E-state index in [4.69, 9.17) is 0 Å². The number of carbonyl (C=O) groups excluding carboxylic acids is 1. The van der Waals surface area contributed by atoms with Gasteiger partial charge in [0.25, 0.3) is 5.91 Å². The van der Waals surface area contributed by atoms with Crippen molar-refractivity contribution in [1.29, 1.82) is 0 Å². The molecule has 100 valence electrons. The van der Waals surface area contributed by atoms with E-state index in [2.05, 4.69) is 19.2 Å². The number of aryl methyl sites for hydroxylation is 1. The Morgan fingerprint density at radius 2 is 1.89 bits per heavy atom. The lowest BCUT2D eigenvalue weighted by atomic mass is 9.99. The summed E-state index contributed by atoms with van der Waals surface area (Å²) in [5.41, 5.74) is 1.94. The second-order valence-electron chi connectivity index (χ2n) is 4.99. The van der Waals surface area contributed by atoms with Crippen molar-refractivity contribution in [3.05, 3.63) is 35.4 Å². The second kappa shape index (κ2) is 7.91. The molecule has 0 fully saturated rings. The molecule has 0 heterocycles. The first kappa shape index (κ1) is 14.7. The van der Waals surface area contributed by atoms with E-state index in [1.54, 1.807) is 0 Å². The van der Waals surface area contributed by atoms with Gasteiger partial charge >= 0.3 is 0 Å². The first-order chi connectivity index (χ1) is 8.67. The molecule has 0 spiro atoms. The molecule has 2 nitrogen and oxygen atoms in total. The highest BCUT2D eigenvalue weighted by Gasteiger charge is 2.09. The summed E-state index contributed by atoms with van der Waals surface area (Å²) in [6, 6.07) is 7.72. The number of hydrogen-bond donors (Lipinski definition) is 1. The van der Waals surface area contributed by atoms with Crippen molar-refractivity contribution in [3.8, 4) is 0 Å². The molecular weight excluding hydrogens is 222 g/mol. The third-order valence-electron chi connectivity index (χ3n) is 3.41. The molecule has 2 heteroatoms. The minimum Gasteiger partial charge on any atom is -0.352 e. The lowest BCUT2D eigenvalue weighted by molar-refractivity contribution is 0.0946. The summed E-state index contributed by atoms with van der Waals surface area (Å²) in [6.07, 6.45) is 4.82. The van der Waals surface area contributed by atoms with Crippen molar-refractivity contribution in [2.75, 3.05) is 6.54 Å². The van der Waals surface area contributed by atoms with Crippen LogP contribution in [0.25, 0.3) is 0 Å². The van der Waals surface area contributed by atoms with Crippen LogP contribution in [0.15, 0.2) is 24.3 Å². The van der Waals surface area contributed by atoms with Crippen LogP contribution in [-0.4, -0.2) is 12.5 Å². The predicted molar refractivity (Wildman–Crippen MR) is 76.8 cm³/mol. The number of unbranched alkanes of at least 4 members (excludes halogenated alkanes) is 1. The van der Waals surface area contributed by atoms with Crippen molar-refractivity contribution in [2.24, 2.45) is 5.92 Å². The van der Waals surface area contributed by atoms with E-state index in [0.717, 1.165) is 18.5 Å². The maximum absolute atomic E-state index is 11.9. The van der Waals surface area contributed by atoms with Gasteiger partial charge in [0, 0.05) is 12.1 Å². The monoisotopic (exact) mass is 247 g/mol. The number of carbonyl (C=O) groups is 1. The predicted octanol–water partition coefficient (Wildman–Crippen LogP) is 3.94. The van der Waals surface area contributed by atoms with Crippen LogP contribution in [-0.2, 0) is 0 Å². The summed E-state index contributed by atoms with van der Waals surface area (Å²) >= 11 is 0. The van der Waals surface area contributed by atoms with Crippen LogP contribution in [0.1, 0.15) is 55.5 Å². The molecule has 18 heavy (non-hydrogen) atoms. The smallest absolute Gasteiger partial charge is 0.251 e. The summed E-state index contributed by atoms with van der Waals surface area (Å²) < 4.78 is 0. The Morgan fingerprint density at radius 3 is 2.44 bits per heavy atom. The quantitative estimate of drug-likeness (QED) is 0.777. The zero-order chi connectivity index (χ0) is 13.4. The number of nitrogens with one attached hydrogen (secondary N) is 1. The van der Waals surface area contributed by atoms with Gasteiger partial charge in [-0.05, 0) is 31.4 Å². The first-order valence-electron chi connectivity index (χ1n) is 7.02. The van der Waals surface area contributed by atoms with Crippen molar-refractivity contribution in [3.63, 3.8) is 0 Å². The fraction of sp³-hybridized carbons (Fsp3) is 0.562. The minimum absolute atomic E-state index is 0.0462. The van der Waals surface area contributed by atoms with E-state index >= 15 is 0 Å². The first-order valence-corrected chi connectivity index (χ1v) is 7.02. The Labute approximate surface area is 111 Å². The average molecular weight is 247 g/mol. The van der Waals surface area contributed by atoms with Gasteiger partial charge in [-0.15, -0.1) is 0 Å². The third-order valence-corrected chi connectivity index (χ3v) is 3.41. The van der Waals surface area contributed by atoms with Gasteiger partial charge in [-0.2, -0.15) is 0 Å². The summed E-state index contributed by atoms with van der Waals surface area (Å²) in [7, 11) is 0. The standard InChI is InChI=1S/C16H25NO/c1-4-6-7-14(5-2)12-17-16(18)15-10-8-13(3)9-11-15/h8-11,14H,4-7,12H2,1-3H3,(H,17,18)/t14-/m1/s1. The molecule has 0 aliphatic carbocycles. The Bertz CT molecular complexity index is 356. The van der Waals surface area contributed by atoms with Crippen molar-refractivity contribution < 1.29 is 4.79 Å². The molecule has 1 N–H and O–H groups in total. The van der Waals surface area contributed by atoms with E-state index in [1.165, 1.54) is 24.8 Å². The van der Waals surface area contributed by atoms with E-state index in [9.17, 15) is 4.79 Å². The van der Waals surface area contributed by atoms with Crippen LogP contribution in [0.3, 0.4) is 0 Å². The summed E-state index contributed by atoms with van der Waals surface area (Å²) in [5.74, 6) is 0.657. The van der Waals surface area contributed by atoms with Gasteiger partial charge in [-0.1, -0.05) is 50.8 Å². The lowest BCUT2D eigenvalue weighted by Crippen LogP contribution is -2.29. The van der Waals surface area contributed by atoms with E-state index < -0.39 is 0 Å². The Kier molecular flexibility index (Phi) is 6.48. The number of benzene rings is 1. The number of rotatable bonds is 7. The van der Waals surface area contributed by atoms with Gasteiger partial charge in [0.05, 0.1) is 0 Å². The van der Waals surface area contributed by atoms with Gasteiger partial charge in [0.15, 0.2) is 0 Å².